The number of ether oxygens (including phenoxy) is 1. The zero-order valence-corrected chi connectivity index (χ0v) is 11.1. The molecule has 0 bridgehead atoms. The van der Waals surface area contributed by atoms with Crippen LogP contribution in [0, 0.1) is 11.7 Å². The molecule has 1 aromatic heterocycles. The molecule has 1 atom stereocenters. The highest BCUT2D eigenvalue weighted by Gasteiger charge is 2.20. The Hall–Kier alpha value is -1.33. The third kappa shape index (κ3) is 4.08. The van der Waals surface area contributed by atoms with Gasteiger partial charge in [-0.3, -0.25) is 9.78 Å². The maximum atomic E-state index is 12.8. The summed E-state index contributed by atoms with van der Waals surface area (Å²) in [6.07, 6.45) is 2.08. The van der Waals surface area contributed by atoms with Gasteiger partial charge in [-0.25, -0.2) is 4.39 Å². The van der Waals surface area contributed by atoms with Gasteiger partial charge in [0.25, 0.3) is 0 Å². The molecule has 1 aliphatic rings. The molecule has 0 saturated carbocycles. The van der Waals surface area contributed by atoms with E-state index in [0.717, 1.165) is 38.9 Å². The summed E-state index contributed by atoms with van der Waals surface area (Å²) in [7, 11) is 0. The highest BCUT2D eigenvalue weighted by atomic mass is 19.1. The zero-order chi connectivity index (χ0) is 13.7. The number of hydrogen-bond donors (Lipinski definition) is 0. The van der Waals surface area contributed by atoms with Crippen molar-refractivity contribution in [3.63, 3.8) is 0 Å². The number of rotatable bonds is 4. The lowest BCUT2D eigenvalue weighted by Gasteiger charge is -2.22. The molecule has 1 aliphatic heterocycles. The third-order valence-corrected chi connectivity index (χ3v) is 3.27. The predicted molar refractivity (Wildman–Crippen MR) is 69.6 cm³/mol. The molecule has 1 aromatic rings. The number of nitrogens with zero attached hydrogens (tertiary/aromatic N) is 2. The molecule has 5 heteroatoms. The predicted octanol–water partition coefficient (Wildman–Crippen LogP) is 1.76. The van der Waals surface area contributed by atoms with Gasteiger partial charge < -0.3 is 9.64 Å². The van der Waals surface area contributed by atoms with E-state index in [1.165, 1.54) is 12.1 Å². The van der Waals surface area contributed by atoms with Crippen molar-refractivity contribution in [2.45, 2.75) is 13.3 Å². The average Bonchev–Trinajstić information content (AvgIpc) is 2.67. The smallest absolute Gasteiger partial charge is 0.185 e. The quantitative estimate of drug-likeness (QED) is 0.779. The van der Waals surface area contributed by atoms with Crippen molar-refractivity contribution in [1.82, 2.24) is 9.88 Å². The number of Topliss-reactive ketones (excluding diaryl/α,β-unsaturated/α-hetero) is 1. The van der Waals surface area contributed by atoms with Crippen LogP contribution in [0.4, 0.5) is 4.39 Å². The molecular weight excluding hydrogens is 247 g/mol. The summed E-state index contributed by atoms with van der Waals surface area (Å²) in [5, 5.41) is 0. The maximum Gasteiger partial charge on any atom is 0.185 e. The van der Waals surface area contributed by atoms with Crippen LogP contribution in [0.1, 0.15) is 23.8 Å². The number of ketones is 1. The van der Waals surface area contributed by atoms with Gasteiger partial charge in [0.1, 0.15) is 11.5 Å². The molecule has 19 heavy (non-hydrogen) atoms. The Morgan fingerprint density at radius 1 is 1.47 bits per heavy atom. The second-order valence-corrected chi connectivity index (χ2v) is 4.89. The van der Waals surface area contributed by atoms with Crippen molar-refractivity contribution in [3.8, 4) is 0 Å². The Kier molecular flexibility index (Phi) is 4.99. The first-order chi connectivity index (χ1) is 9.16. The monoisotopic (exact) mass is 266 g/mol. The van der Waals surface area contributed by atoms with E-state index in [-0.39, 0.29) is 11.7 Å². The lowest BCUT2D eigenvalue weighted by atomic mass is 10.0. The Balaban J connectivity index is 1.92. The van der Waals surface area contributed by atoms with Crippen LogP contribution in [0.3, 0.4) is 0 Å². The molecule has 1 saturated heterocycles. The summed E-state index contributed by atoms with van der Waals surface area (Å²) in [6, 6.07) is 2.71. The normalized spacial score (nSPS) is 18.8. The molecule has 1 unspecified atom stereocenters. The fraction of sp³-hybridized carbons (Fsp3) is 0.571. The minimum atomic E-state index is -0.422. The van der Waals surface area contributed by atoms with Crippen LogP contribution < -0.4 is 0 Å². The summed E-state index contributed by atoms with van der Waals surface area (Å²) < 4.78 is 18.2. The fourth-order valence-electron chi connectivity index (χ4n) is 2.22. The SMILES string of the molecule is CC(CN1CCCOCC1)C(=O)c1ccc(F)cn1. The van der Waals surface area contributed by atoms with Gasteiger partial charge >= 0.3 is 0 Å². The molecule has 4 nitrogen and oxygen atoms in total. The summed E-state index contributed by atoms with van der Waals surface area (Å²) in [6.45, 7) is 5.90. The second-order valence-electron chi connectivity index (χ2n) is 4.89. The first-order valence-electron chi connectivity index (χ1n) is 6.62. The van der Waals surface area contributed by atoms with Crippen LogP contribution in [0.25, 0.3) is 0 Å². The number of aromatic nitrogens is 1. The minimum absolute atomic E-state index is 0.0369. The summed E-state index contributed by atoms with van der Waals surface area (Å²) in [5.41, 5.74) is 0.333. The number of carbonyl (C=O) groups excluding carboxylic acids is 1. The Morgan fingerprint density at radius 3 is 3.05 bits per heavy atom. The molecule has 104 valence electrons. The van der Waals surface area contributed by atoms with Crippen molar-refractivity contribution in [2.24, 2.45) is 5.92 Å². The molecule has 0 aromatic carbocycles. The van der Waals surface area contributed by atoms with Gasteiger partial charge in [-0.1, -0.05) is 6.92 Å². The van der Waals surface area contributed by atoms with Crippen LogP contribution in [-0.2, 0) is 4.74 Å². The van der Waals surface area contributed by atoms with Gasteiger partial charge in [-0.2, -0.15) is 0 Å². The van der Waals surface area contributed by atoms with E-state index in [1.807, 2.05) is 6.92 Å². The summed E-state index contributed by atoms with van der Waals surface area (Å²) in [4.78, 5) is 18.3. The Morgan fingerprint density at radius 2 is 2.32 bits per heavy atom. The van der Waals surface area contributed by atoms with Crippen molar-refractivity contribution in [3.05, 3.63) is 29.8 Å². The van der Waals surface area contributed by atoms with E-state index in [4.69, 9.17) is 4.74 Å². The molecule has 0 amide bonds. The topological polar surface area (TPSA) is 42.4 Å². The van der Waals surface area contributed by atoms with E-state index in [2.05, 4.69) is 9.88 Å². The van der Waals surface area contributed by atoms with Crippen LogP contribution in [0.15, 0.2) is 18.3 Å². The van der Waals surface area contributed by atoms with E-state index >= 15 is 0 Å². The van der Waals surface area contributed by atoms with Crippen molar-refractivity contribution in [1.29, 1.82) is 0 Å². The maximum absolute atomic E-state index is 12.8. The largest absolute Gasteiger partial charge is 0.380 e. The number of hydrogen-bond acceptors (Lipinski definition) is 4. The number of carbonyl (C=O) groups is 1. The Labute approximate surface area is 112 Å². The van der Waals surface area contributed by atoms with Gasteiger partial charge in [0.2, 0.25) is 0 Å². The lowest BCUT2D eigenvalue weighted by molar-refractivity contribution is 0.0882. The third-order valence-electron chi connectivity index (χ3n) is 3.27. The molecule has 0 N–H and O–H groups in total. The fourth-order valence-corrected chi connectivity index (χ4v) is 2.22. The summed E-state index contributed by atoms with van der Waals surface area (Å²) >= 11 is 0. The molecule has 2 rings (SSSR count). The first kappa shape index (κ1) is 14.1. The second kappa shape index (κ2) is 6.73. The molecule has 0 radical (unpaired) electrons. The summed E-state index contributed by atoms with van der Waals surface area (Å²) in [5.74, 6) is -0.602. The molecule has 0 spiro atoms. The zero-order valence-electron chi connectivity index (χ0n) is 11.1. The molecular formula is C14H19FN2O2. The first-order valence-corrected chi connectivity index (χ1v) is 6.62. The van der Waals surface area contributed by atoms with E-state index < -0.39 is 5.82 Å². The minimum Gasteiger partial charge on any atom is -0.380 e. The van der Waals surface area contributed by atoms with Crippen molar-refractivity contribution >= 4 is 5.78 Å². The average molecular weight is 266 g/mol. The molecule has 1 fully saturated rings. The number of halogens is 1. The highest BCUT2D eigenvalue weighted by molar-refractivity contribution is 5.95. The Bertz CT molecular complexity index is 414. The van der Waals surface area contributed by atoms with Gasteiger partial charge in [-0.05, 0) is 18.6 Å². The van der Waals surface area contributed by atoms with Gasteiger partial charge in [0.15, 0.2) is 5.78 Å². The number of pyridine rings is 1. The van der Waals surface area contributed by atoms with Crippen LogP contribution in [0.2, 0.25) is 0 Å². The van der Waals surface area contributed by atoms with Crippen LogP contribution >= 0.6 is 0 Å². The van der Waals surface area contributed by atoms with Crippen LogP contribution in [0.5, 0.6) is 0 Å². The van der Waals surface area contributed by atoms with Gasteiger partial charge in [0.05, 0.1) is 12.8 Å². The van der Waals surface area contributed by atoms with E-state index in [9.17, 15) is 9.18 Å². The van der Waals surface area contributed by atoms with Crippen molar-refractivity contribution in [2.75, 3.05) is 32.8 Å². The van der Waals surface area contributed by atoms with Gasteiger partial charge in [-0.15, -0.1) is 0 Å². The lowest BCUT2D eigenvalue weighted by Crippen LogP contribution is -2.34. The molecule has 2 heterocycles. The molecule has 0 aliphatic carbocycles. The van der Waals surface area contributed by atoms with Crippen LogP contribution in [-0.4, -0.2) is 48.5 Å². The highest BCUT2D eigenvalue weighted by Crippen LogP contribution is 2.10. The van der Waals surface area contributed by atoms with E-state index in [0.29, 0.717) is 12.2 Å². The van der Waals surface area contributed by atoms with Gasteiger partial charge in [0, 0.05) is 32.2 Å². The van der Waals surface area contributed by atoms with E-state index in [1.54, 1.807) is 0 Å². The van der Waals surface area contributed by atoms with Crippen molar-refractivity contribution < 1.29 is 13.9 Å². The standard InChI is InChI=1S/C14H19FN2O2/c1-11(10-17-5-2-7-19-8-6-17)14(18)13-4-3-12(15)9-16-13/h3-4,9,11H,2,5-8,10H2,1H3.